The Morgan fingerprint density at radius 2 is 1.95 bits per heavy atom. The Kier molecular flexibility index (Phi) is 4.42. The maximum Gasteiger partial charge on any atom is 0.335 e. The van der Waals surface area contributed by atoms with Crippen molar-refractivity contribution in [3.63, 3.8) is 0 Å². The zero-order valence-electron chi connectivity index (χ0n) is 11.1. The van der Waals surface area contributed by atoms with Crippen molar-refractivity contribution in [3.8, 4) is 0 Å². The first kappa shape index (κ1) is 15.0. The highest BCUT2D eigenvalue weighted by Gasteiger charge is 2.28. The Balaban J connectivity index is 2.08. The number of hydrogen-bond donors (Lipinski definition) is 2. The molecule has 0 spiro atoms. The summed E-state index contributed by atoms with van der Waals surface area (Å²) in [6, 6.07) is 5.03. The largest absolute Gasteiger partial charge is 0.478 e. The summed E-state index contributed by atoms with van der Waals surface area (Å²) in [6.07, 6.45) is 2.33. The number of hydrogen-bond acceptors (Lipinski definition) is 4. The molecule has 1 aliphatic rings. The number of ether oxygens (including phenoxy) is 1. The van der Waals surface area contributed by atoms with Crippen molar-refractivity contribution in [3.05, 3.63) is 29.8 Å². The Morgan fingerprint density at radius 1 is 1.30 bits per heavy atom. The van der Waals surface area contributed by atoms with Crippen LogP contribution in [0.25, 0.3) is 0 Å². The van der Waals surface area contributed by atoms with Crippen LogP contribution in [-0.4, -0.2) is 38.7 Å². The van der Waals surface area contributed by atoms with Crippen LogP contribution in [-0.2, 0) is 14.8 Å². The second-order valence-electron chi connectivity index (χ2n) is 4.82. The fourth-order valence-corrected chi connectivity index (χ4v) is 3.61. The molecular weight excluding hydrogens is 282 g/mol. The minimum atomic E-state index is -3.62. The first-order valence-corrected chi connectivity index (χ1v) is 7.79. The molecule has 20 heavy (non-hydrogen) atoms. The van der Waals surface area contributed by atoms with Crippen molar-refractivity contribution >= 4 is 16.0 Å². The van der Waals surface area contributed by atoms with Gasteiger partial charge in [0.15, 0.2) is 0 Å². The molecule has 2 unspecified atom stereocenters. The number of carbonyl (C=O) groups is 1. The second-order valence-corrected chi connectivity index (χ2v) is 6.53. The molecule has 0 saturated heterocycles. The molecule has 1 aromatic carbocycles. The van der Waals surface area contributed by atoms with Crippen LogP contribution in [0.15, 0.2) is 29.2 Å². The molecule has 1 saturated carbocycles. The summed E-state index contributed by atoms with van der Waals surface area (Å²) in [4.78, 5) is 10.8. The van der Waals surface area contributed by atoms with Crippen LogP contribution in [0.3, 0.4) is 0 Å². The van der Waals surface area contributed by atoms with E-state index in [9.17, 15) is 13.2 Å². The van der Waals surface area contributed by atoms with Crippen LogP contribution in [0.2, 0.25) is 0 Å². The van der Waals surface area contributed by atoms with Crippen molar-refractivity contribution in [2.24, 2.45) is 0 Å². The Morgan fingerprint density at radius 3 is 2.45 bits per heavy atom. The molecule has 1 aliphatic carbocycles. The van der Waals surface area contributed by atoms with Gasteiger partial charge in [-0.15, -0.1) is 0 Å². The van der Waals surface area contributed by atoms with Crippen molar-refractivity contribution in [1.29, 1.82) is 0 Å². The van der Waals surface area contributed by atoms with Gasteiger partial charge < -0.3 is 9.84 Å². The molecular formula is C13H17NO5S. The zero-order chi connectivity index (χ0) is 14.8. The van der Waals surface area contributed by atoms with Gasteiger partial charge in [-0.25, -0.2) is 17.9 Å². The lowest BCUT2D eigenvalue weighted by molar-refractivity contribution is 0.0696. The highest BCUT2D eigenvalue weighted by atomic mass is 32.2. The monoisotopic (exact) mass is 299 g/mol. The quantitative estimate of drug-likeness (QED) is 0.853. The Bertz CT molecular complexity index is 581. The summed E-state index contributed by atoms with van der Waals surface area (Å²) in [6.45, 7) is 0. The molecule has 1 fully saturated rings. The number of carboxylic acids is 1. The molecule has 2 rings (SSSR count). The minimum Gasteiger partial charge on any atom is -0.478 e. The van der Waals surface area contributed by atoms with Crippen LogP contribution >= 0.6 is 0 Å². The van der Waals surface area contributed by atoms with E-state index in [1.54, 1.807) is 7.11 Å². The number of benzene rings is 1. The molecule has 110 valence electrons. The third kappa shape index (κ3) is 3.36. The Labute approximate surface area is 117 Å². The van der Waals surface area contributed by atoms with Crippen molar-refractivity contribution in [1.82, 2.24) is 4.72 Å². The number of aromatic carboxylic acids is 1. The second kappa shape index (κ2) is 5.90. The topological polar surface area (TPSA) is 92.7 Å². The van der Waals surface area contributed by atoms with E-state index in [1.807, 2.05) is 0 Å². The van der Waals surface area contributed by atoms with E-state index in [4.69, 9.17) is 9.84 Å². The Hall–Kier alpha value is -1.44. The van der Waals surface area contributed by atoms with Gasteiger partial charge in [0.25, 0.3) is 0 Å². The first-order chi connectivity index (χ1) is 9.42. The van der Waals surface area contributed by atoms with Gasteiger partial charge in [0.1, 0.15) is 0 Å². The summed E-state index contributed by atoms with van der Waals surface area (Å²) in [5, 5.41) is 8.79. The van der Waals surface area contributed by atoms with E-state index < -0.39 is 16.0 Å². The van der Waals surface area contributed by atoms with E-state index in [0.717, 1.165) is 12.8 Å². The fraction of sp³-hybridized carbons (Fsp3) is 0.462. The van der Waals surface area contributed by atoms with Crippen LogP contribution < -0.4 is 4.72 Å². The van der Waals surface area contributed by atoms with E-state index >= 15 is 0 Å². The molecule has 2 atom stereocenters. The standard InChI is InChI=1S/C13H17NO5S/c1-19-11-5-4-10(8-11)14-20(17,18)12-6-2-9(3-7-12)13(15)16/h2-3,6-7,10-11,14H,4-5,8H2,1H3,(H,15,16). The van der Waals surface area contributed by atoms with Gasteiger partial charge in [-0.2, -0.15) is 0 Å². The molecule has 0 aromatic heterocycles. The highest BCUT2D eigenvalue weighted by molar-refractivity contribution is 7.89. The van der Waals surface area contributed by atoms with Crippen LogP contribution in [0.5, 0.6) is 0 Å². The van der Waals surface area contributed by atoms with Gasteiger partial charge >= 0.3 is 5.97 Å². The van der Waals surface area contributed by atoms with Gasteiger partial charge in [-0.3, -0.25) is 0 Å². The number of carboxylic acid groups (broad SMARTS) is 1. The first-order valence-electron chi connectivity index (χ1n) is 6.31. The molecule has 6 nitrogen and oxygen atoms in total. The summed E-state index contributed by atoms with van der Waals surface area (Å²) >= 11 is 0. The van der Waals surface area contributed by atoms with Crippen molar-refractivity contribution in [2.45, 2.75) is 36.3 Å². The average Bonchev–Trinajstić information content (AvgIpc) is 2.85. The molecule has 0 heterocycles. The van der Waals surface area contributed by atoms with Gasteiger partial charge in [0.05, 0.1) is 16.6 Å². The summed E-state index contributed by atoms with van der Waals surface area (Å²) < 4.78 is 32.2. The minimum absolute atomic E-state index is 0.0595. The van der Waals surface area contributed by atoms with Gasteiger partial charge in [-0.05, 0) is 43.5 Å². The molecule has 2 N–H and O–H groups in total. The van der Waals surface area contributed by atoms with E-state index in [0.29, 0.717) is 6.42 Å². The maximum atomic E-state index is 12.2. The highest BCUT2D eigenvalue weighted by Crippen LogP contribution is 2.23. The summed E-state index contributed by atoms with van der Waals surface area (Å²) in [5.41, 5.74) is 0.0595. The maximum absolute atomic E-state index is 12.2. The van der Waals surface area contributed by atoms with E-state index in [1.165, 1.54) is 24.3 Å². The molecule has 0 aliphatic heterocycles. The van der Waals surface area contributed by atoms with E-state index in [-0.39, 0.29) is 22.6 Å². The van der Waals surface area contributed by atoms with Gasteiger partial charge in [-0.1, -0.05) is 0 Å². The lowest BCUT2D eigenvalue weighted by Gasteiger charge is -2.13. The molecule has 0 amide bonds. The van der Waals surface area contributed by atoms with Gasteiger partial charge in [0.2, 0.25) is 10.0 Å². The third-order valence-electron chi connectivity index (χ3n) is 3.45. The normalized spacial score (nSPS) is 22.9. The third-order valence-corrected chi connectivity index (χ3v) is 4.99. The average molecular weight is 299 g/mol. The predicted molar refractivity (Wildman–Crippen MR) is 72.2 cm³/mol. The number of nitrogens with one attached hydrogen (secondary N) is 1. The van der Waals surface area contributed by atoms with Gasteiger partial charge in [0, 0.05) is 13.2 Å². The number of methoxy groups -OCH3 is 1. The van der Waals surface area contributed by atoms with Crippen LogP contribution in [0.1, 0.15) is 29.6 Å². The lowest BCUT2D eigenvalue weighted by atomic mass is 10.2. The fourth-order valence-electron chi connectivity index (χ4n) is 2.33. The summed E-state index contributed by atoms with van der Waals surface area (Å²) in [7, 11) is -2.00. The molecule has 0 bridgehead atoms. The number of sulfonamides is 1. The number of rotatable bonds is 5. The van der Waals surface area contributed by atoms with Crippen LogP contribution in [0.4, 0.5) is 0 Å². The van der Waals surface area contributed by atoms with Crippen LogP contribution in [0, 0.1) is 0 Å². The predicted octanol–water partition coefficient (Wildman–Crippen LogP) is 1.23. The zero-order valence-corrected chi connectivity index (χ0v) is 11.9. The lowest BCUT2D eigenvalue weighted by Crippen LogP contribution is -2.33. The van der Waals surface area contributed by atoms with Crippen molar-refractivity contribution in [2.75, 3.05) is 7.11 Å². The molecule has 1 aromatic rings. The molecule has 0 radical (unpaired) electrons. The smallest absolute Gasteiger partial charge is 0.335 e. The SMILES string of the molecule is COC1CCC(NS(=O)(=O)c2ccc(C(=O)O)cc2)C1. The summed E-state index contributed by atoms with van der Waals surface area (Å²) in [5.74, 6) is -1.08. The molecule has 7 heteroatoms. The van der Waals surface area contributed by atoms with E-state index in [2.05, 4.69) is 4.72 Å². The van der Waals surface area contributed by atoms with Crippen molar-refractivity contribution < 1.29 is 23.1 Å².